The van der Waals surface area contributed by atoms with Crippen molar-refractivity contribution in [3.05, 3.63) is 96.3 Å². The number of ether oxygens (including phenoxy) is 1. The monoisotopic (exact) mass is 547 g/mol. The molecule has 0 aliphatic carbocycles. The summed E-state index contributed by atoms with van der Waals surface area (Å²) in [6, 6.07) is 22.4. The molecule has 5 aromatic rings. The highest BCUT2D eigenvalue weighted by Crippen LogP contribution is 2.30. The summed E-state index contributed by atoms with van der Waals surface area (Å²) >= 11 is 0. The zero-order chi connectivity index (χ0) is 28.1. The van der Waals surface area contributed by atoms with Gasteiger partial charge in [0, 0.05) is 25.5 Å². The van der Waals surface area contributed by atoms with Gasteiger partial charge in [-0.1, -0.05) is 36.4 Å². The molecule has 0 unspecified atom stereocenters. The summed E-state index contributed by atoms with van der Waals surface area (Å²) in [5, 5.41) is 6.56. The van der Waals surface area contributed by atoms with Crippen molar-refractivity contribution in [2.45, 2.75) is 12.7 Å². The number of rotatable bonds is 10. The second-order valence-electron chi connectivity index (χ2n) is 9.29. The van der Waals surface area contributed by atoms with E-state index in [2.05, 4.69) is 20.6 Å². The molecule has 2 N–H and O–H groups in total. The van der Waals surface area contributed by atoms with Gasteiger partial charge in [-0.05, 0) is 48.0 Å². The molecule has 206 valence electrons. The third-order valence-electron chi connectivity index (χ3n) is 6.12. The Balaban J connectivity index is 1.42. The first-order valence-electron chi connectivity index (χ1n) is 12.6. The van der Waals surface area contributed by atoms with E-state index in [0.29, 0.717) is 41.6 Å². The van der Waals surface area contributed by atoms with E-state index in [0.717, 1.165) is 29.3 Å². The number of imidazole rings is 1. The summed E-state index contributed by atoms with van der Waals surface area (Å²) in [5.74, 6) is 1.63. The molecule has 40 heavy (non-hydrogen) atoms. The third kappa shape index (κ3) is 6.42. The minimum absolute atomic E-state index is 0.289. The highest BCUT2D eigenvalue weighted by molar-refractivity contribution is 5.85. The fourth-order valence-electron chi connectivity index (χ4n) is 4.08. The topological polar surface area (TPSA) is 80.1 Å². The molecule has 8 nitrogen and oxygen atoms in total. The maximum absolute atomic E-state index is 13.0. The molecule has 0 aliphatic heterocycles. The van der Waals surface area contributed by atoms with Crippen molar-refractivity contribution in [2.24, 2.45) is 0 Å². The Labute approximate surface area is 229 Å². The molecule has 0 saturated heterocycles. The van der Waals surface area contributed by atoms with E-state index in [1.54, 1.807) is 10.9 Å². The van der Waals surface area contributed by atoms with Crippen LogP contribution in [0, 0.1) is 0 Å². The third-order valence-corrected chi connectivity index (χ3v) is 6.12. The fraction of sp³-hybridized carbons (Fsp3) is 0.207. The van der Waals surface area contributed by atoms with E-state index in [1.807, 2.05) is 73.6 Å². The van der Waals surface area contributed by atoms with Crippen LogP contribution in [0.2, 0.25) is 0 Å². The molecule has 0 atom stereocenters. The van der Waals surface area contributed by atoms with Crippen LogP contribution in [0.4, 0.5) is 36.3 Å². The Morgan fingerprint density at radius 1 is 0.925 bits per heavy atom. The van der Waals surface area contributed by atoms with Crippen LogP contribution in [0.3, 0.4) is 0 Å². The minimum atomic E-state index is -4.39. The number of alkyl halides is 3. The molecule has 11 heteroatoms. The first kappa shape index (κ1) is 26.8. The van der Waals surface area contributed by atoms with Gasteiger partial charge < -0.3 is 24.8 Å². The second-order valence-corrected chi connectivity index (χ2v) is 9.29. The number of nitrogens with zero attached hydrogens (tertiary/aromatic N) is 5. The maximum Gasteiger partial charge on any atom is 0.416 e. The van der Waals surface area contributed by atoms with Crippen LogP contribution in [0.25, 0.3) is 11.2 Å². The van der Waals surface area contributed by atoms with Gasteiger partial charge in [0.15, 0.2) is 17.0 Å². The molecular weight excluding hydrogens is 519 g/mol. The van der Waals surface area contributed by atoms with Crippen LogP contribution in [0.15, 0.2) is 85.2 Å². The summed E-state index contributed by atoms with van der Waals surface area (Å²) in [6.07, 6.45) is -2.78. The lowest BCUT2D eigenvalue weighted by molar-refractivity contribution is -0.137. The zero-order valence-corrected chi connectivity index (χ0v) is 22.0. The van der Waals surface area contributed by atoms with Crippen molar-refractivity contribution in [1.29, 1.82) is 0 Å². The number of hydrogen-bond donors (Lipinski definition) is 2. The zero-order valence-electron chi connectivity index (χ0n) is 22.0. The van der Waals surface area contributed by atoms with Crippen molar-refractivity contribution in [1.82, 2.24) is 19.5 Å². The quantitative estimate of drug-likeness (QED) is 0.202. The largest absolute Gasteiger partial charge is 0.492 e. The van der Waals surface area contributed by atoms with Crippen molar-refractivity contribution < 1.29 is 17.9 Å². The van der Waals surface area contributed by atoms with Gasteiger partial charge >= 0.3 is 6.18 Å². The van der Waals surface area contributed by atoms with Crippen molar-refractivity contribution in [3.8, 4) is 5.75 Å². The van der Waals surface area contributed by atoms with E-state index < -0.39 is 11.7 Å². The minimum Gasteiger partial charge on any atom is -0.492 e. The number of halogens is 3. The number of fused-ring (bicyclic) bond motifs is 1. The van der Waals surface area contributed by atoms with E-state index in [-0.39, 0.29) is 6.54 Å². The lowest BCUT2D eigenvalue weighted by Gasteiger charge is -2.15. The first-order chi connectivity index (χ1) is 19.3. The van der Waals surface area contributed by atoms with Gasteiger partial charge in [0.2, 0.25) is 5.95 Å². The maximum atomic E-state index is 13.0. The predicted octanol–water partition coefficient (Wildman–Crippen LogP) is 6.19. The van der Waals surface area contributed by atoms with Crippen molar-refractivity contribution in [3.63, 3.8) is 0 Å². The summed E-state index contributed by atoms with van der Waals surface area (Å²) < 4.78 is 46.6. The highest BCUT2D eigenvalue weighted by Gasteiger charge is 2.30. The van der Waals surface area contributed by atoms with Crippen LogP contribution in [0.1, 0.15) is 11.1 Å². The van der Waals surface area contributed by atoms with Crippen LogP contribution in [-0.2, 0) is 12.7 Å². The number of nitrogens with one attached hydrogen (secondary N) is 2. The average molecular weight is 548 g/mol. The summed E-state index contributed by atoms with van der Waals surface area (Å²) in [7, 11) is 3.92. The number of para-hydroxylation sites is 1. The van der Waals surface area contributed by atoms with Crippen molar-refractivity contribution in [2.75, 3.05) is 42.8 Å². The number of benzene rings is 3. The Hall–Kier alpha value is -4.80. The highest BCUT2D eigenvalue weighted by atomic mass is 19.4. The van der Waals surface area contributed by atoms with E-state index in [1.165, 1.54) is 12.1 Å². The van der Waals surface area contributed by atoms with Crippen LogP contribution in [0.5, 0.6) is 5.75 Å². The van der Waals surface area contributed by atoms with Gasteiger partial charge in [-0.3, -0.25) is 0 Å². The molecule has 0 radical (unpaired) electrons. The standard InChI is InChI=1S/C29H28F3N7O/c1-38(2)23-8-6-7-22(17-23)35-28-36-26(33-15-16-40-24-9-4-3-5-10-24)25-27(37-28)39(19-34-25)18-20-11-13-21(14-12-20)29(30,31)32/h3-14,17,19H,15-16,18H2,1-2H3,(H2,33,35,36,37). The van der Waals surface area contributed by atoms with E-state index in [9.17, 15) is 13.2 Å². The van der Waals surface area contributed by atoms with Gasteiger partial charge in [0.25, 0.3) is 0 Å². The SMILES string of the molecule is CN(C)c1cccc(Nc2nc(NCCOc3ccccc3)c3ncn(Cc4ccc(C(F)(F)F)cc4)c3n2)c1. The van der Waals surface area contributed by atoms with Crippen LogP contribution in [-0.4, -0.2) is 46.8 Å². The fourth-order valence-corrected chi connectivity index (χ4v) is 4.08. The van der Waals surface area contributed by atoms with Gasteiger partial charge in [0.1, 0.15) is 12.4 Å². The van der Waals surface area contributed by atoms with Crippen LogP contribution >= 0.6 is 0 Å². The molecular formula is C29H28F3N7O. The summed E-state index contributed by atoms with van der Waals surface area (Å²) in [4.78, 5) is 15.9. The first-order valence-corrected chi connectivity index (χ1v) is 12.6. The second kappa shape index (κ2) is 11.5. The molecule has 0 amide bonds. The van der Waals surface area contributed by atoms with Crippen molar-refractivity contribution >= 4 is 34.3 Å². The lowest BCUT2D eigenvalue weighted by Crippen LogP contribution is -2.14. The number of hydrogen-bond acceptors (Lipinski definition) is 7. The van der Waals surface area contributed by atoms with Gasteiger partial charge in [0.05, 0.1) is 25.0 Å². The Morgan fingerprint density at radius 3 is 2.42 bits per heavy atom. The summed E-state index contributed by atoms with van der Waals surface area (Å²) in [6.45, 7) is 1.15. The Bertz CT molecular complexity index is 1570. The van der Waals surface area contributed by atoms with E-state index in [4.69, 9.17) is 9.72 Å². The predicted molar refractivity (Wildman–Crippen MR) is 150 cm³/mol. The number of anilines is 4. The van der Waals surface area contributed by atoms with Gasteiger partial charge in [-0.15, -0.1) is 0 Å². The smallest absolute Gasteiger partial charge is 0.416 e. The molecule has 2 aromatic heterocycles. The van der Waals surface area contributed by atoms with Gasteiger partial charge in [-0.25, -0.2) is 4.98 Å². The molecule has 0 fully saturated rings. The molecule has 0 saturated carbocycles. The normalized spacial score (nSPS) is 11.4. The van der Waals surface area contributed by atoms with Gasteiger partial charge in [-0.2, -0.15) is 23.1 Å². The molecule has 0 bridgehead atoms. The summed E-state index contributed by atoms with van der Waals surface area (Å²) in [5.41, 5.74) is 2.88. The molecule has 3 aromatic carbocycles. The van der Waals surface area contributed by atoms with E-state index >= 15 is 0 Å². The Kier molecular flexibility index (Phi) is 7.72. The molecule has 2 heterocycles. The lowest BCUT2D eigenvalue weighted by atomic mass is 10.1. The number of aromatic nitrogens is 4. The Morgan fingerprint density at radius 2 is 1.70 bits per heavy atom. The van der Waals surface area contributed by atoms with Crippen LogP contribution < -0.4 is 20.3 Å². The molecule has 0 spiro atoms. The molecule has 5 rings (SSSR count). The average Bonchev–Trinajstić information content (AvgIpc) is 3.34. The molecule has 0 aliphatic rings.